The van der Waals surface area contributed by atoms with Gasteiger partial charge in [-0.15, -0.1) is 0 Å². The number of phenolic OH excluding ortho intramolecular Hbond substituents is 2. The fourth-order valence-corrected chi connectivity index (χ4v) is 3.66. The van der Waals surface area contributed by atoms with Crippen molar-refractivity contribution in [3.8, 4) is 23.0 Å². The molecule has 0 amide bonds. The van der Waals surface area contributed by atoms with Crippen LogP contribution in [0, 0.1) is 0 Å². The predicted molar refractivity (Wildman–Crippen MR) is 117 cm³/mol. The Hall–Kier alpha value is -3.41. The van der Waals surface area contributed by atoms with E-state index in [2.05, 4.69) is 0 Å². The predicted octanol–water partition coefficient (Wildman–Crippen LogP) is 5.06. The molecule has 30 heavy (non-hydrogen) atoms. The molecule has 0 spiro atoms. The molecule has 0 aliphatic carbocycles. The lowest BCUT2D eigenvalue weighted by Crippen LogP contribution is -2.27. The lowest BCUT2D eigenvalue weighted by molar-refractivity contribution is 0.153. The van der Waals surface area contributed by atoms with Gasteiger partial charge in [-0.25, -0.2) is 0 Å². The summed E-state index contributed by atoms with van der Waals surface area (Å²) in [6.07, 6.45) is 6.06. The van der Waals surface area contributed by atoms with Crippen molar-refractivity contribution in [1.82, 2.24) is 0 Å². The highest BCUT2D eigenvalue weighted by Gasteiger charge is 2.28. The number of allylic oxidation sites excluding steroid dienone is 2. The van der Waals surface area contributed by atoms with E-state index in [1.54, 1.807) is 12.1 Å². The second-order valence-electron chi connectivity index (χ2n) is 8.26. The highest BCUT2D eigenvalue weighted by Crippen LogP contribution is 2.44. The number of hydrogen-bond donors (Lipinski definition) is 2. The van der Waals surface area contributed by atoms with Crippen molar-refractivity contribution in [2.45, 2.75) is 39.7 Å². The summed E-state index contributed by atoms with van der Waals surface area (Å²) in [5.41, 5.74) is 1.44. The molecule has 0 atom stereocenters. The molecule has 1 aliphatic heterocycles. The van der Waals surface area contributed by atoms with Crippen LogP contribution in [0.2, 0.25) is 0 Å². The lowest BCUT2D eigenvalue weighted by atomic mass is 9.98. The van der Waals surface area contributed by atoms with Gasteiger partial charge in [-0.1, -0.05) is 17.7 Å². The Bertz CT molecular complexity index is 1300. The first-order valence-electron chi connectivity index (χ1n) is 9.70. The van der Waals surface area contributed by atoms with Crippen molar-refractivity contribution >= 4 is 28.0 Å². The number of benzene rings is 2. The Morgan fingerprint density at radius 1 is 1.20 bits per heavy atom. The standard InChI is InChI=1S/C24H24O6/c1-12(2)6-7-14-17(28-5)11-16(25)18-19(26)15-10-13-8-9-24(3,4)30-21(13)20(27)23(15)29-22(14)18/h6,8-11,25,27H,7H2,1-5H3. The van der Waals surface area contributed by atoms with Gasteiger partial charge in [0.15, 0.2) is 11.3 Å². The van der Waals surface area contributed by atoms with E-state index in [-0.39, 0.29) is 39.2 Å². The molecule has 0 saturated carbocycles. The van der Waals surface area contributed by atoms with Gasteiger partial charge in [0.2, 0.25) is 11.2 Å². The minimum Gasteiger partial charge on any atom is -0.507 e. The van der Waals surface area contributed by atoms with Crippen LogP contribution in [0.4, 0.5) is 0 Å². The minimum atomic E-state index is -0.606. The molecular formula is C24H24O6. The third kappa shape index (κ3) is 3.09. The molecule has 0 unspecified atom stereocenters. The summed E-state index contributed by atoms with van der Waals surface area (Å²) in [6.45, 7) is 7.66. The zero-order valence-electron chi connectivity index (χ0n) is 17.6. The summed E-state index contributed by atoms with van der Waals surface area (Å²) in [7, 11) is 1.49. The first-order valence-corrected chi connectivity index (χ1v) is 9.70. The fourth-order valence-electron chi connectivity index (χ4n) is 3.66. The number of ether oxygens (including phenoxy) is 2. The molecule has 0 radical (unpaired) electrons. The molecule has 3 aromatic rings. The second kappa shape index (κ2) is 6.83. The van der Waals surface area contributed by atoms with Crippen LogP contribution in [0.25, 0.3) is 28.0 Å². The van der Waals surface area contributed by atoms with E-state index >= 15 is 0 Å². The monoisotopic (exact) mass is 408 g/mol. The normalized spacial score (nSPS) is 14.4. The van der Waals surface area contributed by atoms with E-state index in [0.717, 1.165) is 5.57 Å². The number of rotatable bonds is 3. The fraction of sp³-hybridized carbons (Fsp3) is 0.292. The van der Waals surface area contributed by atoms with E-state index in [9.17, 15) is 15.0 Å². The number of hydrogen-bond acceptors (Lipinski definition) is 6. The van der Waals surface area contributed by atoms with Crippen molar-refractivity contribution in [3.63, 3.8) is 0 Å². The average molecular weight is 408 g/mol. The SMILES string of the molecule is COc1cc(O)c2c(=O)c3cc4c(c(O)c3oc2c1CC=C(C)C)OC(C)(C)C=C4. The van der Waals surface area contributed by atoms with Crippen molar-refractivity contribution in [2.24, 2.45) is 0 Å². The maximum absolute atomic E-state index is 13.3. The van der Waals surface area contributed by atoms with Crippen molar-refractivity contribution in [3.05, 3.63) is 51.2 Å². The van der Waals surface area contributed by atoms with Gasteiger partial charge in [-0.05, 0) is 46.3 Å². The van der Waals surface area contributed by atoms with Gasteiger partial charge in [0.1, 0.15) is 28.1 Å². The van der Waals surface area contributed by atoms with Crippen LogP contribution in [-0.2, 0) is 6.42 Å². The summed E-state index contributed by atoms with van der Waals surface area (Å²) in [6, 6.07) is 3.03. The van der Waals surface area contributed by atoms with E-state index in [0.29, 0.717) is 23.3 Å². The Labute approximate surface area is 173 Å². The summed E-state index contributed by atoms with van der Waals surface area (Å²) in [5, 5.41) is 21.7. The Morgan fingerprint density at radius 3 is 2.60 bits per heavy atom. The smallest absolute Gasteiger partial charge is 0.204 e. The number of phenols is 2. The molecule has 6 nitrogen and oxygen atoms in total. The van der Waals surface area contributed by atoms with Crippen LogP contribution >= 0.6 is 0 Å². The molecule has 1 aliphatic rings. The molecule has 2 aromatic carbocycles. The third-order valence-corrected chi connectivity index (χ3v) is 5.20. The molecule has 0 bridgehead atoms. The first kappa shape index (κ1) is 19.9. The van der Waals surface area contributed by atoms with Gasteiger partial charge in [0, 0.05) is 17.2 Å². The van der Waals surface area contributed by atoms with Crippen LogP contribution in [0.1, 0.15) is 38.8 Å². The maximum Gasteiger partial charge on any atom is 0.204 e. The summed E-state index contributed by atoms with van der Waals surface area (Å²) >= 11 is 0. The Kier molecular flexibility index (Phi) is 4.53. The molecule has 0 fully saturated rings. The van der Waals surface area contributed by atoms with Gasteiger partial charge in [0.05, 0.1) is 12.5 Å². The van der Waals surface area contributed by atoms with Crippen LogP contribution in [-0.4, -0.2) is 22.9 Å². The van der Waals surface area contributed by atoms with E-state index in [1.165, 1.54) is 13.2 Å². The van der Waals surface area contributed by atoms with E-state index in [1.807, 2.05) is 39.8 Å². The molecule has 4 rings (SSSR count). The zero-order chi connectivity index (χ0) is 21.8. The Morgan fingerprint density at radius 2 is 1.93 bits per heavy atom. The third-order valence-electron chi connectivity index (χ3n) is 5.20. The molecular weight excluding hydrogens is 384 g/mol. The van der Waals surface area contributed by atoms with Crippen LogP contribution in [0.3, 0.4) is 0 Å². The number of fused-ring (bicyclic) bond motifs is 3. The lowest BCUT2D eigenvalue weighted by Gasteiger charge is -2.28. The zero-order valence-corrected chi connectivity index (χ0v) is 17.6. The second-order valence-corrected chi connectivity index (χ2v) is 8.26. The average Bonchev–Trinajstić information content (AvgIpc) is 2.67. The molecule has 2 heterocycles. The molecule has 0 saturated heterocycles. The summed E-state index contributed by atoms with van der Waals surface area (Å²) in [4.78, 5) is 13.3. The van der Waals surface area contributed by atoms with Crippen LogP contribution in [0.15, 0.2) is 39.1 Å². The van der Waals surface area contributed by atoms with Gasteiger partial charge in [-0.2, -0.15) is 0 Å². The molecule has 2 N–H and O–H groups in total. The van der Waals surface area contributed by atoms with E-state index in [4.69, 9.17) is 13.9 Å². The van der Waals surface area contributed by atoms with Gasteiger partial charge in [0.25, 0.3) is 0 Å². The van der Waals surface area contributed by atoms with Crippen molar-refractivity contribution < 1.29 is 24.1 Å². The van der Waals surface area contributed by atoms with Crippen molar-refractivity contribution in [1.29, 1.82) is 0 Å². The highest BCUT2D eigenvalue weighted by molar-refractivity contribution is 5.99. The first-order chi connectivity index (χ1) is 14.1. The maximum atomic E-state index is 13.3. The van der Waals surface area contributed by atoms with Gasteiger partial charge >= 0.3 is 0 Å². The quantitative estimate of drug-likeness (QED) is 0.465. The van der Waals surface area contributed by atoms with E-state index < -0.39 is 11.0 Å². The van der Waals surface area contributed by atoms with Gasteiger partial charge in [-0.3, -0.25) is 4.79 Å². The summed E-state index contributed by atoms with van der Waals surface area (Å²) < 4.78 is 17.4. The highest BCUT2D eigenvalue weighted by atomic mass is 16.5. The number of aromatic hydroxyl groups is 2. The van der Waals surface area contributed by atoms with Crippen LogP contribution < -0.4 is 14.9 Å². The Balaban J connectivity index is 2.13. The van der Waals surface area contributed by atoms with Crippen LogP contribution in [0.5, 0.6) is 23.0 Å². The molecule has 156 valence electrons. The summed E-state index contributed by atoms with van der Waals surface area (Å²) in [5.74, 6) is 0.186. The topological polar surface area (TPSA) is 89.1 Å². The number of methoxy groups -OCH3 is 1. The minimum absolute atomic E-state index is 0.0171. The largest absolute Gasteiger partial charge is 0.507 e. The van der Waals surface area contributed by atoms with Gasteiger partial charge < -0.3 is 24.1 Å². The van der Waals surface area contributed by atoms with Crippen molar-refractivity contribution in [2.75, 3.05) is 7.11 Å². The molecule has 1 aromatic heterocycles. The molecule has 6 heteroatoms.